The van der Waals surface area contributed by atoms with Crippen molar-refractivity contribution >= 4 is 46.6 Å². The summed E-state index contributed by atoms with van der Waals surface area (Å²) in [5, 5.41) is 3.18. The quantitative estimate of drug-likeness (QED) is 0.254. The zero-order valence-corrected chi connectivity index (χ0v) is 22.0. The van der Waals surface area contributed by atoms with Crippen molar-refractivity contribution in [2.24, 2.45) is 0 Å². The summed E-state index contributed by atoms with van der Waals surface area (Å²) < 4.78 is 0. The van der Waals surface area contributed by atoms with Gasteiger partial charge in [-0.3, -0.25) is 14.4 Å². The molecule has 7 heteroatoms. The van der Waals surface area contributed by atoms with Gasteiger partial charge in [0.15, 0.2) is 5.78 Å². The predicted molar refractivity (Wildman–Crippen MR) is 153 cm³/mol. The Kier molecular flexibility index (Phi) is 7.91. The molecule has 4 aromatic carbocycles. The summed E-state index contributed by atoms with van der Waals surface area (Å²) in [4.78, 5) is 40.7. The fourth-order valence-electron chi connectivity index (χ4n) is 4.42. The first-order valence-electron chi connectivity index (χ1n) is 12.3. The number of ketones is 1. The highest BCUT2D eigenvalue weighted by molar-refractivity contribution is 8.00. The number of halogens is 1. The molecule has 1 aliphatic rings. The van der Waals surface area contributed by atoms with Crippen molar-refractivity contribution in [3.63, 3.8) is 0 Å². The summed E-state index contributed by atoms with van der Waals surface area (Å²) in [6.07, 6.45) is 0.787. The minimum atomic E-state index is -0.336. The van der Waals surface area contributed by atoms with E-state index in [0.29, 0.717) is 39.7 Å². The van der Waals surface area contributed by atoms with Gasteiger partial charge in [0.2, 0.25) is 5.91 Å². The maximum atomic E-state index is 13.1. The number of amides is 2. The largest absolute Gasteiger partial charge is 0.326 e. The summed E-state index contributed by atoms with van der Waals surface area (Å²) in [5.41, 5.74) is 3.83. The van der Waals surface area contributed by atoms with Crippen LogP contribution >= 0.6 is 23.4 Å². The van der Waals surface area contributed by atoms with Crippen molar-refractivity contribution < 1.29 is 14.4 Å². The van der Waals surface area contributed by atoms with Crippen LogP contribution in [0, 0.1) is 0 Å². The zero-order valence-electron chi connectivity index (χ0n) is 20.5. The number of thioether (sulfide) groups is 1. The standard InChI is InChI=1S/C31H25ClN2O3S/c32-25-15-16-27(26(19-25)29(36)22-9-5-2-6-10-22)33-30(37)23-11-13-24(14-12-23)31-34(28(35)20-38-31)18-17-21-7-3-1-4-8-21/h1-16,19,31H,17-18,20H2,(H,33,37)/t31-/m0/s1. The molecule has 4 aromatic rings. The van der Waals surface area contributed by atoms with E-state index in [-0.39, 0.29) is 23.0 Å². The molecule has 1 fully saturated rings. The van der Waals surface area contributed by atoms with Crippen LogP contribution in [0.25, 0.3) is 0 Å². The third-order valence-corrected chi connectivity index (χ3v) is 7.91. The summed E-state index contributed by atoms with van der Waals surface area (Å²) in [7, 11) is 0. The van der Waals surface area contributed by atoms with E-state index in [1.807, 2.05) is 41.3 Å². The van der Waals surface area contributed by atoms with Gasteiger partial charge < -0.3 is 10.2 Å². The molecule has 0 spiro atoms. The minimum Gasteiger partial charge on any atom is -0.326 e. The Hall–Kier alpha value is -3.87. The van der Waals surface area contributed by atoms with E-state index in [0.717, 1.165) is 12.0 Å². The number of hydrogen-bond acceptors (Lipinski definition) is 4. The Morgan fingerprint density at radius 1 is 0.868 bits per heavy atom. The maximum absolute atomic E-state index is 13.1. The van der Waals surface area contributed by atoms with E-state index >= 15 is 0 Å². The average Bonchev–Trinajstić information content (AvgIpc) is 3.33. The Bertz CT molecular complexity index is 1460. The Morgan fingerprint density at radius 3 is 2.26 bits per heavy atom. The Labute approximate surface area is 230 Å². The molecule has 5 nitrogen and oxygen atoms in total. The molecular formula is C31H25ClN2O3S. The molecule has 1 heterocycles. The minimum absolute atomic E-state index is 0.0883. The van der Waals surface area contributed by atoms with Gasteiger partial charge in [-0.15, -0.1) is 11.8 Å². The highest BCUT2D eigenvalue weighted by atomic mass is 35.5. The maximum Gasteiger partial charge on any atom is 0.255 e. The van der Waals surface area contributed by atoms with Gasteiger partial charge in [0, 0.05) is 28.3 Å². The number of hydrogen-bond donors (Lipinski definition) is 1. The van der Waals surface area contributed by atoms with Crippen molar-refractivity contribution in [2.45, 2.75) is 11.8 Å². The fourth-order valence-corrected chi connectivity index (χ4v) is 5.81. The SMILES string of the molecule is O=C(Nc1ccc(Cl)cc1C(=O)c1ccccc1)c1ccc([C@@H]2SCC(=O)N2CCc2ccccc2)cc1. The third-order valence-electron chi connectivity index (χ3n) is 6.42. The zero-order chi connectivity index (χ0) is 26.5. The molecule has 1 aliphatic heterocycles. The average molecular weight is 541 g/mol. The number of benzene rings is 4. The monoisotopic (exact) mass is 540 g/mol. The van der Waals surface area contributed by atoms with E-state index in [4.69, 9.17) is 11.6 Å². The van der Waals surface area contributed by atoms with E-state index < -0.39 is 0 Å². The number of nitrogens with zero attached hydrogens (tertiary/aromatic N) is 1. The van der Waals surface area contributed by atoms with Gasteiger partial charge in [0.05, 0.1) is 11.4 Å². The highest BCUT2D eigenvalue weighted by Crippen LogP contribution is 2.38. The summed E-state index contributed by atoms with van der Waals surface area (Å²) in [6.45, 7) is 0.636. The molecule has 1 saturated heterocycles. The topological polar surface area (TPSA) is 66.5 Å². The molecule has 0 radical (unpaired) electrons. The first-order chi connectivity index (χ1) is 18.5. The normalized spacial score (nSPS) is 14.9. The number of rotatable bonds is 8. The van der Waals surface area contributed by atoms with Gasteiger partial charge in [0.25, 0.3) is 5.91 Å². The van der Waals surface area contributed by atoms with E-state index in [1.165, 1.54) is 5.56 Å². The molecule has 5 rings (SSSR count). The lowest BCUT2D eigenvalue weighted by molar-refractivity contribution is -0.128. The van der Waals surface area contributed by atoms with Crippen LogP contribution in [0.4, 0.5) is 5.69 Å². The van der Waals surface area contributed by atoms with Gasteiger partial charge in [0.1, 0.15) is 5.37 Å². The van der Waals surface area contributed by atoms with Crippen LogP contribution in [0.5, 0.6) is 0 Å². The number of nitrogens with one attached hydrogen (secondary N) is 1. The molecule has 1 N–H and O–H groups in total. The van der Waals surface area contributed by atoms with E-state index in [2.05, 4.69) is 17.4 Å². The number of carbonyl (C=O) groups excluding carboxylic acids is 3. The number of carbonyl (C=O) groups is 3. The molecule has 190 valence electrons. The van der Waals surface area contributed by atoms with Crippen LogP contribution in [-0.2, 0) is 11.2 Å². The van der Waals surface area contributed by atoms with Crippen LogP contribution in [0.15, 0.2) is 103 Å². The Morgan fingerprint density at radius 2 is 1.55 bits per heavy atom. The molecule has 38 heavy (non-hydrogen) atoms. The van der Waals surface area contributed by atoms with Crippen molar-refractivity contribution in [2.75, 3.05) is 17.6 Å². The van der Waals surface area contributed by atoms with E-state index in [9.17, 15) is 14.4 Å². The lowest BCUT2D eigenvalue weighted by atomic mass is 10.0. The summed E-state index contributed by atoms with van der Waals surface area (Å²) in [5.74, 6) is 0.00154. The van der Waals surface area contributed by atoms with Crippen LogP contribution in [0.3, 0.4) is 0 Å². The third kappa shape index (κ3) is 5.82. The molecule has 0 saturated carbocycles. The van der Waals surface area contributed by atoms with Crippen molar-refractivity contribution in [3.05, 3.63) is 136 Å². The van der Waals surface area contributed by atoms with Crippen LogP contribution in [-0.4, -0.2) is 34.8 Å². The summed E-state index contributed by atoms with van der Waals surface area (Å²) >= 11 is 7.76. The highest BCUT2D eigenvalue weighted by Gasteiger charge is 2.32. The van der Waals surface area contributed by atoms with Gasteiger partial charge in [-0.2, -0.15) is 0 Å². The lowest BCUT2D eigenvalue weighted by Crippen LogP contribution is -2.30. The van der Waals surface area contributed by atoms with Gasteiger partial charge >= 0.3 is 0 Å². The lowest BCUT2D eigenvalue weighted by Gasteiger charge is -2.24. The van der Waals surface area contributed by atoms with E-state index in [1.54, 1.807) is 66.4 Å². The van der Waals surface area contributed by atoms with Gasteiger partial charge in [-0.05, 0) is 47.9 Å². The first-order valence-corrected chi connectivity index (χ1v) is 13.7. The Balaban J connectivity index is 1.30. The summed E-state index contributed by atoms with van der Waals surface area (Å²) in [6, 6.07) is 31.1. The number of anilines is 1. The van der Waals surface area contributed by atoms with Gasteiger partial charge in [-0.25, -0.2) is 0 Å². The molecule has 0 bridgehead atoms. The molecular weight excluding hydrogens is 516 g/mol. The molecule has 0 unspecified atom stereocenters. The molecule has 2 amide bonds. The van der Waals surface area contributed by atoms with Crippen LogP contribution in [0.1, 0.15) is 42.8 Å². The van der Waals surface area contributed by atoms with Crippen LogP contribution in [0.2, 0.25) is 5.02 Å². The fraction of sp³-hybridized carbons (Fsp3) is 0.129. The van der Waals surface area contributed by atoms with Crippen LogP contribution < -0.4 is 5.32 Å². The first kappa shape index (κ1) is 25.8. The second-order valence-electron chi connectivity index (χ2n) is 8.95. The second kappa shape index (κ2) is 11.7. The van der Waals surface area contributed by atoms with Crippen molar-refractivity contribution in [1.82, 2.24) is 4.90 Å². The molecule has 1 atom stereocenters. The molecule has 0 aromatic heterocycles. The molecule has 0 aliphatic carbocycles. The smallest absolute Gasteiger partial charge is 0.255 e. The second-order valence-corrected chi connectivity index (χ2v) is 10.5. The van der Waals surface area contributed by atoms with Crippen molar-refractivity contribution in [3.8, 4) is 0 Å². The van der Waals surface area contributed by atoms with Gasteiger partial charge in [-0.1, -0.05) is 84.4 Å². The van der Waals surface area contributed by atoms with Crippen molar-refractivity contribution in [1.29, 1.82) is 0 Å². The predicted octanol–water partition coefficient (Wildman–Crippen LogP) is 6.64.